The number of carbonyl (C=O) groups is 2. The summed E-state index contributed by atoms with van der Waals surface area (Å²) in [4.78, 5) is 27.5. The summed E-state index contributed by atoms with van der Waals surface area (Å²) in [6, 6.07) is 15.9. The van der Waals surface area contributed by atoms with E-state index >= 15 is 0 Å². The molecule has 0 saturated carbocycles. The monoisotopic (exact) mass is 354 g/mol. The van der Waals surface area contributed by atoms with Gasteiger partial charge < -0.3 is 10.2 Å². The number of benzene rings is 2. The number of rotatable bonds is 5. The summed E-state index contributed by atoms with van der Waals surface area (Å²) in [5.74, 6) is 0.212. The second-order valence-corrected chi connectivity index (χ2v) is 7.19. The number of para-hydroxylation sites is 1. The fourth-order valence-corrected chi connectivity index (χ4v) is 3.87. The summed E-state index contributed by atoms with van der Waals surface area (Å²) in [7, 11) is 0. The van der Waals surface area contributed by atoms with Gasteiger partial charge in [0.15, 0.2) is 0 Å². The molecule has 1 atom stereocenters. The van der Waals surface area contributed by atoms with Gasteiger partial charge in [0.25, 0.3) is 0 Å². The van der Waals surface area contributed by atoms with Crippen molar-refractivity contribution in [1.29, 1.82) is 0 Å². The van der Waals surface area contributed by atoms with E-state index in [0.29, 0.717) is 5.75 Å². The molecule has 0 radical (unpaired) electrons. The minimum Gasteiger partial charge on any atom is -0.348 e. The van der Waals surface area contributed by atoms with Crippen molar-refractivity contribution in [3.05, 3.63) is 59.7 Å². The van der Waals surface area contributed by atoms with Gasteiger partial charge in [0.1, 0.15) is 6.54 Å². The maximum atomic E-state index is 12.6. The SMILES string of the molecule is CCC(NC(=O)CN1C(=O)CSc2ccccc21)c1ccc(C)cc1. The molecule has 0 aliphatic carbocycles. The summed E-state index contributed by atoms with van der Waals surface area (Å²) in [6.07, 6.45) is 0.801. The molecule has 0 fully saturated rings. The van der Waals surface area contributed by atoms with Crippen LogP contribution in [0.25, 0.3) is 0 Å². The number of carbonyl (C=O) groups excluding carboxylic acids is 2. The molecule has 1 unspecified atom stereocenters. The third kappa shape index (κ3) is 4.04. The summed E-state index contributed by atoms with van der Waals surface area (Å²) in [6.45, 7) is 4.14. The first-order valence-corrected chi connectivity index (χ1v) is 9.45. The van der Waals surface area contributed by atoms with E-state index in [1.54, 1.807) is 4.90 Å². The number of nitrogens with one attached hydrogen (secondary N) is 1. The second-order valence-electron chi connectivity index (χ2n) is 6.18. The van der Waals surface area contributed by atoms with Crippen molar-refractivity contribution in [2.24, 2.45) is 0 Å². The minimum absolute atomic E-state index is 0.0257. The Hall–Kier alpha value is -2.27. The molecule has 5 heteroatoms. The Bertz CT molecular complexity index is 774. The maximum absolute atomic E-state index is 12.6. The molecule has 0 saturated heterocycles. The highest BCUT2D eigenvalue weighted by Crippen LogP contribution is 2.34. The largest absolute Gasteiger partial charge is 0.348 e. The lowest BCUT2D eigenvalue weighted by Crippen LogP contribution is -2.44. The molecule has 0 aromatic heterocycles. The highest BCUT2D eigenvalue weighted by Gasteiger charge is 2.26. The van der Waals surface area contributed by atoms with Crippen molar-refractivity contribution >= 4 is 29.3 Å². The molecule has 25 heavy (non-hydrogen) atoms. The molecule has 2 aromatic rings. The molecule has 4 nitrogen and oxygen atoms in total. The topological polar surface area (TPSA) is 49.4 Å². The predicted molar refractivity (Wildman–Crippen MR) is 102 cm³/mol. The molecule has 130 valence electrons. The van der Waals surface area contributed by atoms with E-state index in [1.807, 2.05) is 62.4 Å². The highest BCUT2D eigenvalue weighted by molar-refractivity contribution is 8.00. The molecule has 0 spiro atoms. The Balaban J connectivity index is 1.71. The van der Waals surface area contributed by atoms with Crippen LogP contribution in [0, 0.1) is 6.92 Å². The average Bonchev–Trinajstić information content (AvgIpc) is 2.63. The van der Waals surface area contributed by atoms with E-state index in [4.69, 9.17) is 0 Å². The van der Waals surface area contributed by atoms with Crippen molar-refractivity contribution in [3.63, 3.8) is 0 Å². The van der Waals surface area contributed by atoms with Crippen LogP contribution in [-0.4, -0.2) is 24.1 Å². The third-order valence-electron chi connectivity index (χ3n) is 4.33. The zero-order valence-electron chi connectivity index (χ0n) is 14.5. The Labute approximate surface area is 152 Å². The Morgan fingerprint density at radius 1 is 1.20 bits per heavy atom. The van der Waals surface area contributed by atoms with Gasteiger partial charge in [0.05, 0.1) is 17.5 Å². The third-order valence-corrected chi connectivity index (χ3v) is 5.38. The molecule has 2 amide bonds. The molecule has 1 aliphatic heterocycles. The van der Waals surface area contributed by atoms with E-state index in [0.717, 1.165) is 22.6 Å². The molecule has 1 N–H and O–H groups in total. The zero-order valence-corrected chi connectivity index (χ0v) is 15.3. The minimum atomic E-state index is -0.137. The predicted octanol–water partition coefficient (Wildman–Crippen LogP) is 3.70. The van der Waals surface area contributed by atoms with Crippen LogP contribution in [0.3, 0.4) is 0 Å². The van der Waals surface area contributed by atoms with E-state index in [2.05, 4.69) is 5.32 Å². The number of anilines is 1. The summed E-state index contributed by atoms with van der Waals surface area (Å²) >= 11 is 1.52. The van der Waals surface area contributed by atoms with Gasteiger partial charge in [-0.1, -0.05) is 48.9 Å². The van der Waals surface area contributed by atoms with Crippen LogP contribution in [0.2, 0.25) is 0 Å². The van der Waals surface area contributed by atoms with Crippen molar-refractivity contribution in [3.8, 4) is 0 Å². The van der Waals surface area contributed by atoms with Crippen molar-refractivity contribution in [2.45, 2.75) is 31.2 Å². The van der Waals surface area contributed by atoms with Crippen LogP contribution >= 0.6 is 11.8 Å². The second kappa shape index (κ2) is 7.74. The molecule has 1 aliphatic rings. The molecule has 0 bridgehead atoms. The van der Waals surface area contributed by atoms with Gasteiger partial charge in [-0.2, -0.15) is 0 Å². The van der Waals surface area contributed by atoms with Crippen molar-refractivity contribution in [2.75, 3.05) is 17.2 Å². The van der Waals surface area contributed by atoms with Gasteiger partial charge in [-0.05, 0) is 31.0 Å². The van der Waals surface area contributed by atoms with Gasteiger partial charge in [0.2, 0.25) is 11.8 Å². The van der Waals surface area contributed by atoms with Crippen LogP contribution in [0.15, 0.2) is 53.4 Å². The first kappa shape index (κ1) is 17.5. The smallest absolute Gasteiger partial charge is 0.240 e. The van der Waals surface area contributed by atoms with Crippen LogP contribution in [0.4, 0.5) is 5.69 Å². The van der Waals surface area contributed by atoms with Crippen molar-refractivity contribution in [1.82, 2.24) is 5.32 Å². The van der Waals surface area contributed by atoms with Crippen LogP contribution in [0.5, 0.6) is 0 Å². The molecular formula is C20H22N2O2S. The van der Waals surface area contributed by atoms with E-state index in [1.165, 1.54) is 17.3 Å². The van der Waals surface area contributed by atoms with E-state index < -0.39 is 0 Å². The Morgan fingerprint density at radius 2 is 1.92 bits per heavy atom. The fraction of sp³-hybridized carbons (Fsp3) is 0.300. The number of hydrogen-bond acceptors (Lipinski definition) is 3. The lowest BCUT2D eigenvalue weighted by atomic mass is 10.0. The first-order valence-electron chi connectivity index (χ1n) is 8.46. The summed E-state index contributed by atoms with van der Waals surface area (Å²) < 4.78 is 0. The van der Waals surface area contributed by atoms with Gasteiger partial charge in [-0.15, -0.1) is 11.8 Å². The number of fused-ring (bicyclic) bond motifs is 1. The average molecular weight is 354 g/mol. The zero-order chi connectivity index (χ0) is 17.8. The number of nitrogens with zero attached hydrogens (tertiary/aromatic N) is 1. The van der Waals surface area contributed by atoms with Gasteiger partial charge in [-0.25, -0.2) is 0 Å². The Morgan fingerprint density at radius 3 is 2.64 bits per heavy atom. The summed E-state index contributed by atoms with van der Waals surface area (Å²) in [5.41, 5.74) is 3.10. The van der Waals surface area contributed by atoms with E-state index in [9.17, 15) is 9.59 Å². The number of hydrogen-bond donors (Lipinski definition) is 1. The van der Waals surface area contributed by atoms with Crippen LogP contribution in [0.1, 0.15) is 30.5 Å². The Kier molecular flexibility index (Phi) is 5.43. The number of thioether (sulfide) groups is 1. The standard InChI is InChI=1S/C20H22N2O2S/c1-3-16(15-10-8-14(2)9-11-15)21-19(23)12-22-17-6-4-5-7-18(17)25-13-20(22)24/h4-11,16H,3,12-13H2,1-2H3,(H,21,23). The number of amides is 2. The highest BCUT2D eigenvalue weighted by atomic mass is 32.2. The van der Waals surface area contributed by atoms with Gasteiger partial charge in [-0.3, -0.25) is 9.59 Å². The van der Waals surface area contributed by atoms with Crippen LogP contribution in [-0.2, 0) is 9.59 Å². The van der Waals surface area contributed by atoms with Crippen LogP contribution < -0.4 is 10.2 Å². The normalized spacial score (nSPS) is 14.8. The molecule has 3 rings (SSSR count). The maximum Gasteiger partial charge on any atom is 0.240 e. The quantitative estimate of drug-likeness (QED) is 0.891. The first-order chi connectivity index (χ1) is 12.1. The van der Waals surface area contributed by atoms with Gasteiger partial charge >= 0.3 is 0 Å². The lowest BCUT2D eigenvalue weighted by Gasteiger charge is -2.29. The van der Waals surface area contributed by atoms with Gasteiger partial charge in [0, 0.05) is 4.90 Å². The fourth-order valence-electron chi connectivity index (χ4n) is 2.93. The molecule has 2 aromatic carbocycles. The van der Waals surface area contributed by atoms with E-state index in [-0.39, 0.29) is 24.4 Å². The molecule has 1 heterocycles. The van der Waals surface area contributed by atoms with Crippen molar-refractivity contribution < 1.29 is 9.59 Å². The number of aryl methyl sites for hydroxylation is 1. The summed E-state index contributed by atoms with van der Waals surface area (Å²) in [5, 5.41) is 3.06. The molecular weight excluding hydrogens is 332 g/mol. The lowest BCUT2D eigenvalue weighted by molar-refractivity contribution is -0.123.